The number of carbonyl (C=O) groups excluding carboxylic acids is 1. The zero-order valence-corrected chi connectivity index (χ0v) is 17.4. The lowest BCUT2D eigenvalue weighted by atomic mass is 10.1. The molecule has 3 aromatic carbocycles. The second-order valence-electron chi connectivity index (χ2n) is 7.28. The van der Waals surface area contributed by atoms with Crippen LogP contribution in [0.25, 0.3) is 27.5 Å². The van der Waals surface area contributed by atoms with E-state index in [9.17, 15) is 14.0 Å². The largest absolute Gasteiger partial charge is 0.348 e. The molecule has 1 amide bonds. The zero-order chi connectivity index (χ0) is 22.2. The van der Waals surface area contributed by atoms with Gasteiger partial charge < -0.3 is 5.32 Å². The van der Waals surface area contributed by atoms with Gasteiger partial charge in [-0.05, 0) is 54.1 Å². The van der Waals surface area contributed by atoms with Crippen LogP contribution in [-0.2, 0) is 6.54 Å². The molecule has 32 heavy (non-hydrogen) atoms. The maximum absolute atomic E-state index is 13.3. The van der Waals surface area contributed by atoms with Crippen molar-refractivity contribution < 1.29 is 9.18 Å². The summed E-state index contributed by atoms with van der Waals surface area (Å²) in [5.74, 6) is -0.665. The lowest BCUT2D eigenvalue weighted by molar-refractivity contribution is 0.0951. The highest BCUT2D eigenvalue weighted by Crippen LogP contribution is 2.23. The van der Waals surface area contributed by atoms with Crippen molar-refractivity contribution in [2.75, 3.05) is 0 Å². The number of carbonyl (C=O) groups is 1. The van der Waals surface area contributed by atoms with Crippen LogP contribution in [0.15, 0.2) is 77.7 Å². The molecule has 5 rings (SSSR count). The number of pyridine rings is 1. The molecule has 6 nitrogen and oxygen atoms in total. The molecule has 0 bridgehead atoms. The normalized spacial score (nSPS) is 11.2. The van der Waals surface area contributed by atoms with Gasteiger partial charge in [0.2, 0.25) is 0 Å². The van der Waals surface area contributed by atoms with E-state index < -0.39 is 5.82 Å². The second-order valence-corrected chi connectivity index (χ2v) is 7.69. The van der Waals surface area contributed by atoms with Gasteiger partial charge in [-0.2, -0.15) is 0 Å². The van der Waals surface area contributed by atoms with Crippen molar-refractivity contribution in [2.45, 2.75) is 6.54 Å². The first-order valence-electron chi connectivity index (χ1n) is 9.82. The Morgan fingerprint density at radius 3 is 2.62 bits per heavy atom. The molecule has 0 atom stereocenters. The highest BCUT2D eigenvalue weighted by molar-refractivity contribution is 6.31. The van der Waals surface area contributed by atoms with Crippen LogP contribution < -0.4 is 10.9 Å². The van der Waals surface area contributed by atoms with Crippen molar-refractivity contribution in [1.82, 2.24) is 20.1 Å². The molecule has 2 aromatic heterocycles. The first-order chi connectivity index (χ1) is 15.5. The van der Waals surface area contributed by atoms with Crippen LogP contribution in [0.3, 0.4) is 0 Å². The van der Waals surface area contributed by atoms with Gasteiger partial charge in [0.05, 0.1) is 22.1 Å². The number of benzene rings is 3. The number of amides is 1. The molecule has 0 unspecified atom stereocenters. The summed E-state index contributed by atoms with van der Waals surface area (Å²) < 4.78 is 14.6. The quantitative estimate of drug-likeness (QED) is 0.424. The average molecular weight is 447 g/mol. The van der Waals surface area contributed by atoms with Crippen molar-refractivity contribution in [3.8, 4) is 5.69 Å². The molecular formula is C24H16ClFN4O2. The summed E-state index contributed by atoms with van der Waals surface area (Å²) in [6.07, 6.45) is 1.49. The van der Waals surface area contributed by atoms with E-state index >= 15 is 0 Å². The van der Waals surface area contributed by atoms with E-state index in [0.29, 0.717) is 38.1 Å². The molecule has 2 heterocycles. The van der Waals surface area contributed by atoms with Crippen LogP contribution in [0, 0.1) is 5.82 Å². The minimum absolute atomic E-state index is 0.274. The summed E-state index contributed by atoms with van der Waals surface area (Å²) in [4.78, 5) is 30.0. The minimum Gasteiger partial charge on any atom is -0.348 e. The van der Waals surface area contributed by atoms with Crippen molar-refractivity contribution in [1.29, 1.82) is 0 Å². The van der Waals surface area contributed by atoms with Gasteiger partial charge in [0.15, 0.2) is 0 Å². The Balaban J connectivity index is 1.53. The Morgan fingerprint density at radius 1 is 1.06 bits per heavy atom. The third-order valence-electron chi connectivity index (χ3n) is 5.27. The van der Waals surface area contributed by atoms with Gasteiger partial charge in [-0.3, -0.25) is 19.7 Å². The maximum Gasteiger partial charge on any atom is 0.280 e. The molecule has 5 aromatic rings. The number of rotatable bonds is 4. The van der Waals surface area contributed by atoms with Gasteiger partial charge in [-0.1, -0.05) is 29.8 Å². The Labute approximate surface area is 186 Å². The predicted molar refractivity (Wildman–Crippen MR) is 122 cm³/mol. The van der Waals surface area contributed by atoms with E-state index in [1.54, 1.807) is 24.3 Å². The van der Waals surface area contributed by atoms with Crippen LogP contribution in [0.2, 0.25) is 5.02 Å². The van der Waals surface area contributed by atoms with Gasteiger partial charge in [0.25, 0.3) is 11.5 Å². The van der Waals surface area contributed by atoms with Gasteiger partial charge >= 0.3 is 0 Å². The van der Waals surface area contributed by atoms with Crippen LogP contribution in [0.1, 0.15) is 15.9 Å². The van der Waals surface area contributed by atoms with E-state index in [2.05, 4.69) is 15.4 Å². The van der Waals surface area contributed by atoms with E-state index in [4.69, 9.17) is 11.6 Å². The number of H-pyrrole nitrogens is 1. The lowest BCUT2D eigenvalue weighted by Gasteiger charge is -2.08. The summed E-state index contributed by atoms with van der Waals surface area (Å²) in [6.45, 7) is 0.288. The number of fused-ring (bicyclic) bond motifs is 3. The zero-order valence-electron chi connectivity index (χ0n) is 16.6. The molecule has 0 radical (unpaired) electrons. The lowest BCUT2D eigenvalue weighted by Crippen LogP contribution is -2.22. The van der Waals surface area contributed by atoms with E-state index in [0.717, 1.165) is 5.56 Å². The van der Waals surface area contributed by atoms with Crippen molar-refractivity contribution >= 4 is 39.3 Å². The average Bonchev–Trinajstić information content (AvgIpc) is 3.15. The first-order valence-corrected chi connectivity index (χ1v) is 10.2. The van der Waals surface area contributed by atoms with Gasteiger partial charge in [0.1, 0.15) is 5.82 Å². The predicted octanol–water partition coefficient (Wildman–Crippen LogP) is 4.59. The van der Waals surface area contributed by atoms with Gasteiger partial charge in [-0.25, -0.2) is 9.07 Å². The summed E-state index contributed by atoms with van der Waals surface area (Å²) >= 11 is 6.16. The third kappa shape index (κ3) is 3.52. The Hall–Kier alpha value is -3.97. The highest BCUT2D eigenvalue weighted by Gasteiger charge is 2.14. The van der Waals surface area contributed by atoms with Crippen LogP contribution in [-0.4, -0.2) is 20.7 Å². The van der Waals surface area contributed by atoms with E-state index in [-0.39, 0.29) is 18.0 Å². The maximum atomic E-state index is 13.3. The Morgan fingerprint density at radius 2 is 1.84 bits per heavy atom. The summed E-state index contributed by atoms with van der Waals surface area (Å²) in [7, 11) is 0. The number of aromatic amines is 1. The Kier molecular flexibility index (Phi) is 4.95. The minimum atomic E-state index is -0.391. The van der Waals surface area contributed by atoms with Crippen molar-refractivity contribution in [2.24, 2.45) is 0 Å². The molecule has 0 fully saturated rings. The number of halogens is 2. The molecule has 0 aliphatic rings. The molecule has 0 saturated heterocycles. The fraction of sp³-hybridized carbons (Fsp3) is 0.0417. The first kappa shape index (κ1) is 20.0. The van der Waals surface area contributed by atoms with Crippen LogP contribution in [0.4, 0.5) is 4.39 Å². The number of nitrogens with one attached hydrogen (secondary N) is 2. The van der Waals surface area contributed by atoms with E-state index in [1.165, 1.54) is 35.1 Å². The summed E-state index contributed by atoms with van der Waals surface area (Å²) in [6, 6.07) is 18.0. The molecule has 0 saturated carbocycles. The molecule has 8 heteroatoms. The highest BCUT2D eigenvalue weighted by atomic mass is 35.5. The monoisotopic (exact) mass is 446 g/mol. The Bertz CT molecular complexity index is 1540. The molecular weight excluding hydrogens is 431 g/mol. The molecule has 0 spiro atoms. The number of nitrogens with zero attached hydrogens (tertiary/aromatic N) is 2. The standard InChI is InChI=1S/C24H16ClFN4O2/c25-20-4-2-1-3-15(20)12-28-23(31)14-5-10-21-18(11-14)22-19(13-27-21)24(32)30(29-22)17-8-6-16(26)7-9-17/h1-11,13,29H,12H2,(H,28,31). The summed E-state index contributed by atoms with van der Waals surface area (Å²) in [5.41, 5.74) is 2.60. The third-order valence-corrected chi connectivity index (χ3v) is 5.64. The second kappa shape index (κ2) is 7.94. The number of hydrogen-bond acceptors (Lipinski definition) is 3. The van der Waals surface area contributed by atoms with Gasteiger partial charge in [-0.15, -0.1) is 0 Å². The molecule has 158 valence electrons. The molecule has 2 N–H and O–H groups in total. The SMILES string of the molecule is O=C(NCc1ccccc1Cl)c1ccc2ncc3c(=O)n(-c4ccc(F)cc4)[nH]c3c2c1. The van der Waals surface area contributed by atoms with Crippen LogP contribution in [0.5, 0.6) is 0 Å². The summed E-state index contributed by atoms with van der Waals surface area (Å²) in [5, 5.41) is 7.51. The fourth-order valence-electron chi connectivity index (χ4n) is 3.59. The van der Waals surface area contributed by atoms with Crippen LogP contribution >= 0.6 is 11.6 Å². The van der Waals surface area contributed by atoms with Crippen molar-refractivity contribution in [3.63, 3.8) is 0 Å². The van der Waals surface area contributed by atoms with Crippen molar-refractivity contribution in [3.05, 3.63) is 105 Å². The topological polar surface area (TPSA) is 79.8 Å². The molecule has 0 aliphatic carbocycles. The van der Waals surface area contributed by atoms with Gasteiger partial charge in [0, 0.05) is 28.7 Å². The van der Waals surface area contributed by atoms with E-state index in [1.807, 2.05) is 18.2 Å². The number of aromatic nitrogens is 3. The number of hydrogen-bond donors (Lipinski definition) is 2. The molecule has 0 aliphatic heterocycles. The fourth-order valence-corrected chi connectivity index (χ4v) is 3.79. The smallest absolute Gasteiger partial charge is 0.280 e.